The van der Waals surface area contributed by atoms with Gasteiger partial charge in [-0.2, -0.15) is 0 Å². The highest BCUT2D eigenvalue weighted by atomic mass is 17.1. The van der Waals surface area contributed by atoms with E-state index in [0.717, 1.165) is 77.0 Å². The maximum atomic E-state index is 13.7. The van der Waals surface area contributed by atoms with Gasteiger partial charge in [0.25, 0.3) is 0 Å². The number of hydrogen-bond donors (Lipinski definition) is 2. The zero-order valence-corrected chi connectivity index (χ0v) is 32.8. The van der Waals surface area contributed by atoms with Gasteiger partial charge >= 0.3 is 0 Å². The molecule has 14 nitrogen and oxygen atoms in total. The third kappa shape index (κ3) is 12.2. The minimum atomic E-state index is -0.317. The van der Waals surface area contributed by atoms with Crippen molar-refractivity contribution in [3.63, 3.8) is 0 Å². The monoisotopic (exact) mass is 786 g/mol. The van der Waals surface area contributed by atoms with E-state index in [4.69, 9.17) is 38.8 Å². The summed E-state index contributed by atoms with van der Waals surface area (Å²) >= 11 is 0. The number of benzene rings is 4. The van der Waals surface area contributed by atoms with Crippen molar-refractivity contribution in [1.29, 1.82) is 0 Å². The summed E-state index contributed by atoms with van der Waals surface area (Å²) in [5.74, 6) is 3.20. The van der Waals surface area contributed by atoms with Gasteiger partial charge in [0, 0.05) is 63.6 Å². The Morgan fingerprint density at radius 3 is 2.40 bits per heavy atom. The van der Waals surface area contributed by atoms with Gasteiger partial charge in [0.15, 0.2) is 0 Å². The summed E-state index contributed by atoms with van der Waals surface area (Å²) in [4.78, 5) is 24.9. The van der Waals surface area contributed by atoms with Gasteiger partial charge in [-0.05, 0) is 60.0 Å². The number of para-hydroxylation sites is 1. The van der Waals surface area contributed by atoms with Gasteiger partial charge in [-0.3, -0.25) is 15.2 Å². The number of nitrogens with zero attached hydrogens (tertiary/aromatic N) is 4. The summed E-state index contributed by atoms with van der Waals surface area (Å²) in [5, 5.41) is 17.3. The normalized spacial score (nSPS) is 15.3. The lowest BCUT2D eigenvalue weighted by Gasteiger charge is -2.42. The standard InChI is InChI=1S/C43H54N4O10/c1-51-23-5-19-44-22-26-55-42-18-17-39(28-40(42)44)56-32-37-29-45(43(48)27-33-9-11-34(12-10-33)30-57-47(49)50)20-21-46(37)36-13-15-38(16-14-36)54-25-6-24-53-31-35-7-3-4-8-41(35)52-2/h3-4,7-18,28,37,49-50H,5-6,19-27,29-32H2,1-2H3. The zero-order chi connectivity index (χ0) is 39.8. The number of rotatable bonds is 21. The summed E-state index contributed by atoms with van der Waals surface area (Å²) in [6.45, 7) is 6.58. The first kappa shape index (κ1) is 41.5. The molecule has 1 amide bonds. The Hall–Kier alpha value is -5.09. The molecule has 6 rings (SSSR count). The number of hydrogen-bond acceptors (Lipinski definition) is 13. The molecule has 4 aromatic rings. The van der Waals surface area contributed by atoms with E-state index in [-0.39, 0.29) is 30.4 Å². The largest absolute Gasteiger partial charge is 0.496 e. The molecule has 306 valence electrons. The molecule has 0 radical (unpaired) electrons. The molecule has 1 fully saturated rings. The SMILES string of the molecule is COCCCN1CCOc2ccc(OCC3CN(C(=O)Cc4ccc(CON(O)O)cc4)CCN3c3ccc(OCCCOCc4ccccc4OC)cc3)cc21. The zero-order valence-electron chi connectivity index (χ0n) is 32.8. The molecule has 2 aliphatic rings. The van der Waals surface area contributed by atoms with Gasteiger partial charge in [-0.25, -0.2) is 4.84 Å². The Labute approximate surface area is 334 Å². The fourth-order valence-electron chi connectivity index (χ4n) is 6.99. The molecular formula is C43H54N4O10. The van der Waals surface area contributed by atoms with Crippen LogP contribution in [0, 0.1) is 0 Å². The van der Waals surface area contributed by atoms with Crippen molar-refractivity contribution in [3.05, 3.63) is 108 Å². The van der Waals surface area contributed by atoms with Crippen LogP contribution < -0.4 is 28.7 Å². The van der Waals surface area contributed by atoms with Crippen LogP contribution in [-0.4, -0.2) is 113 Å². The number of amides is 1. The second kappa shape index (κ2) is 21.4. The Balaban J connectivity index is 1.07. The lowest BCUT2D eigenvalue weighted by molar-refractivity contribution is -0.497. The van der Waals surface area contributed by atoms with Crippen LogP contribution in [0.15, 0.2) is 91.0 Å². The highest BCUT2D eigenvalue weighted by Crippen LogP contribution is 2.35. The number of anilines is 2. The predicted molar refractivity (Wildman–Crippen MR) is 213 cm³/mol. The number of methoxy groups -OCH3 is 2. The van der Waals surface area contributed by atoms with Crippen molar-refractivity contribution < 1.29 is 48.5 Å². The molecule has 0 bridgehead atoms. The first-order valence-electron chi connectivity index (χ1n) is 19.4. The van der Waals surface area contributed by atoms with Gasteiger partial charge in [0.05, 0.1) is 63.6 Å². The van der Waals surface area contributed by atoms with E-state index in [0.29, 0.717) is 59.3 Å². The van der Waals surface area contributed by atoms with E-state index in [1.165, 1.54) is 0 Å². The first-order chi connectivity index (χ1) is 27.9. The van der Waals surface area contributed by atoms with E-state index in [1.807, 2.05) is 71.6 Å². The van der Waals surface area contributed by atoms with E-state index in [2.05, 4.69) is 26.8 Å². The third-order valence-electron chi connectivity index (χ3n) is 9.99. The molecule has 1 unspecified atom stereocenters. The number of carbonyl (C=O) groups excluding carboxylic acids is 1. The molecule has 57 heavy (non-hydrogen) atoms. The average molecular weight is 787 g/mol. The lowest BCUT2D eigenvalue weighted by atomic mass is 10.1. The molecule has 2 aliphatic heterocycles. The van der Waals surface area contributed by atoms with Crippen molar-refractivity contribution >= 4 is 17.3 Å². The second-order valence-electron chi connectivity index (χ2n) is 13.9. The second-order valence-corrected chi connectivity index (χ2v) is 13.9. The van der Waals surface area contributed by atoms with Crippen LogP contribution in [0.2, 0.25) is 0 Å². The molecule has 2 heterocycles. The summed E-state index contributed by atoms with van der Waals surface area (Å²) in [5.41, 5.74) is 4.64. The maximum absolute atomic E-state index is 13.7. The number of piperazine rings is 1. The minimum Gasteiger partial charge on any atom is -0.496 e. The van der Waals surface area contributed by atoms with Crippen LogP contribution >= 0.6 is 0 Å². The van der Waals surface area contributed by atoms with E-state index in [1.54, 1.807) is 26.4 Å². The van der Waals surface area contributed by atoms with Crippen molar-refractivity contribution in [3.8, 4) is 23.0 Å². The topological polar surface area (TPSA) is 135 Å². The van der Waals surface area contributed by atoms with Crippen molar-refractivity contribution in [2.24, 2.45) is 0 Å². The molecule has 0 saturated carbocycles. The highest BCUT2D eigenvalue weighted by Gasteiger charge is 2.31. The molecule has 4 aromatic carbocycles. The van der Waals surface area contributed by atoms with E-state index < -0.39 is 0 Å². The third-order valence-corrected chi connectivity index (χ3v) is 9.99. The highest BCUT2D eigenvalue weighted by molar-refractivity contribution is 5.79. The summed E-state index contributed by atoms with van der Waals surface area (Å²) in [7, 11) is 3.38. The summed E-state index contributed by atoms with van der Waals surface area (Å²) in [6, 6.07) is 29.1. The predicted octanol–water partition coefficient (Wildman–Crippen LogP) is 5.77. The smallest absolute Gasteiger partial charge is 0.227 e. The lowest BCUT2D eigenvalue weighted by Crippen LogP contribution is -2.57. The number of carbonyl (C=O) groups is 1. The van der Waals surface area contributed by atoms with Gasteiger partial charge < -0.3 is 43.1 Å². The molecule has 0 aliphatic carbocycles. The van der Waals surface area contributed by atoms with Crippen molar-refractivity contribution in [2.45, 2.75) is 38.5 Å². The minimum absolute atomic E-state index is 0.0124. The number of ether oxygens (including phenoxy) is 6. The quantitative estimate of drug-likeness (QED) is 0.0783. The Bertz CT molecular complexity index is 1830. The number of fused-ring (bicyclic) bond motifs is 1. The van der Waals surface area contributed by atoms with Crippen molar-refractivity contribution in [2.75, 3.05) is 89.8 Å². The van der Waals surface area contributed by atoms with Crippen LogP contribution in [0.5, 0.6) is 23.0 Å². The summed E-state index contributed by atoms with van der Waals surface area (Å²) in [6.07, 6.45) is 1.90. The molecule has 1 atom stereocenters. The molecule has 0 aromatic heterocycles. The van der Waals surface area contributed by atoms with Gasteiger partial charge in [-0.1, -0.05) is 42.5 Å². The Kier molecular flexibility index (Phi) is 15.6. The molecule has 14 heteroatoms. The van der Waals surface area contributed by atoms with Gasteiger partial charge in [-0.15, -0.1) is 0 Å². The van der Waals surface area contributed by atoms with E-state index in [9.17, 15) is 4.79 Å². The van der Waals surface area contributed by atoms with Crippen molar-refractivity contribution in [1.82, 2.24) is 10.3 Å². The average Bonchev–Trinajstić information content (AvgIpc) is 3.24. The van der Waals surface area contributed by atoms with E-state index >= 15 is 0 Å². The molecular weight excluding hydrogens is 732 g/mol. The van der Waals surface area contributed by atoms with Gasteiger partial charge in [0.1, 0.15) is 36.2 Å². The first-order valence-corrected chi connectivity index (χ1v) is 19.4. The maximum Gasteiger partial charge on any atom is 0.227 e. The van der Waals surface area contributed by atoms with Crippen LogP contribution in [0.4, 0.5) is 11.4 Å². The van der Waals surface area contributed by atoms with Crippen LogP contribution in [-0.2, 0) is 38.7 Å². The van der Waals surface area contributed by atoms with Crippen LogP contribution in [0.25, 0.3) is 0 Å². The fourth-order valence-corrected chi connectivity index (χ4v) is 6.99. The van der Waals surface area contributed by atoms with Gasteiger partial charge in [0.2, 0.25) is 5.91 Å². The molecule has 1 saturated heterocycles. The fraction of sp³-hybridized carbons (Fsp3) is 0.419. The van der Waals surface area contributed by atoms with Crippen LogP contribution in [0.3, 0.4) is 0 Å². The Morgan fingerprint density at radius 1 is 0.825 bits per heavy atom. The Morgan fingerprint density at radius 2 is 1.61 bits per heavy atom. The summed E-state index contributed by atoms with van der Waals surface area (Å²) < 4.78 is 35.0. The van der Waals surface area contributed by atoms with Crippen LogP contribution in [0.1, 0.15) is 29.5 Å². The molecule has 2 N–H and O–H groups in total. The molecule has 0 spiro atoms.